The number of carbonyl (C=O) groups is 1. The van der Waals surface area contributed by atoms with Crippen molar-refractivity contribution < 1.29 is 4.79 Å². The molecule has 1 amide bonds. The van der Waals surface area contributed by atoms with E-state index in [9.17, 15) is 4.79 Å². The van der Waals surface area contributed by atoms with Gasteiger partial charge in [-0.3, -0.25) is 4.79 Å². The zero-order valence-electron chi connectivity index (χ0n) is 15.6. The van der Waals surface area contributed by atoms with Crippen LogP contribution in [0.4, 0.5) is 5.82 Å². The Morgan fingerprint density at radius 1 is 1.21 bits per heavy atom. The van der Waals surface area contributed by atoms with Gasteiger partial charge in [0, 0.05) is 10.6 Å². The first-order valence-electron chi connectivity index (χ1n) is 9.03. The van der Waals surface area contributed by atoms with Gasteiger partial charge >= 0.3 is 0 Å². The fraction of sp³-hybridized carbons (Fsp3) is 0.190. The van der Waals surface area contributed by atoms with Crippen LogP contribution in [0.2, 0.25) is 10.0 Å². The molecule has 0 saturated carbocycles. The molecule has 1 aliphatic rings. The first kappa shape index (κ1) is 20.0. The van der Waals surface area contributed by atoms with Crippen molar-refractivity contribution in [3.8, 4) is 11.3 Å². The number of carbonyl (C=O) groups excluding carboxylic acids is 1. The van der Waals surface area contributed by atoms with Gasteiger partial charge in [-0.2, -0.15) is 0 Å². The standard InChI is InChI=1S/C21H18Cl2N4OS/c1-29-21-20(25-16-9-6-11-4-2-3-5-13(11)16)26-18(19(24)28)17(27-21)14-8-7-12(22)10-15(14)23/h2-5,7-8,10,16H,6,9H2,1H3,(H2,24,28)(H,25,26)/t16-/m0/s1. The summed E-state index contributed by atoms with van der Waals surface area (Å²) in [4.78, 5) is 21.4. The Hall–Kier alpha value is -2.28. The molecule has 8 heteroatoms. The summed E-state index contributed by atoms with van der Waals surface area (Å²) >= 11 is 13.8. The largest absolute Gasteiger partial charge is 0.364 e. The lowest BCUT2D eigenvalue weighted by atomic mass is 10.1. The first-order valence-corrected chi connectivity index (χ1v) is 11.0. The van der Waals surface area contributed by atoms with Crippen LogP contribution in [0.15, 0.2) is 47.5 Å². The van der Waals surface area contributed by atoms with E-state index in [1.54, 1.807) is 18.2 Å². The lowest BCUT2D eigenvalue weighted by Gasteiger charge is -2.18. The highest BCUT2D eigenvalue weighted by Gasteiger charge is 2.25. The van der Waals surface area contributed by atoms with E-state index in [2.05, 4.69) is 27.4 Å². The predicted molar refractivity (Wildman–Crippen MR) is 119 cm³/mol. The molecule has 0 saturated heterocycles. The minimum atomic E-state index is -0.666. The maximum Gasteiger partial charge on any atom is 0.269 e. The van der Waals surface area contributed by atoms with Crippen molar-refractivity contribution in [2.45, 2.75) is 23.9 Å². The second-order valence-electron chi connectivity index (χ2n) is 6.70. The van der Waals surface area contributed by atoms with Gasteiger partial charge in [0.15, 0.2) is 11.5 Å². The summed E-state index contributed by atoms with van der Waals surface area (Å²) < 4.78 is 0. The van der Waals surface area contributed by atoms with E-state index in [0.29, 0.717) is 32.1 Å². The monoisotopic (exact) mass is 444 g/mol. The molecule has 1 atom stereocenters. The normalized spacial score (nSPS) is 15.2. The van der Waals surface area contributed by atoms with E-state index >= 15 is 0 Å². The van der Waals surface area contributed by atoms with Crippen LogP contribution in [0.1, 0.15) is 34.1 Å². The third kappa shape index (κ3) is 3.92. The fourth-order valence-corrected chi connectivity index (χ4v) is 4.55. The number of aryl methyl sites for hydroxylation is 1. The number of halogens is 2. The number of benzene rings is 2. The number of nitrogens with one attached hydrogen (secondary N) is 1. The molecule has 4 rings (SSSR count). The Balaban J connectivity index is 1.78. The molecule has 2 aromatic carbocycles. The van der Waals surface area contributed by atoms with Gasteiger partial charge in [-0.1, -0.05) is 47.5 Å². The Labute approximate surface area is 183 Å². The van der Waals surface area contributed by atoms with E-state index in [-0.39, 0.29) is 11.7 Å². The van der Waals surface area contributed by atoms with Crippen molar-refractivity contribution >= 4 is 46.7 Å². The summed E-state index contributed by atoms with van der Waals surface area (Å²) in [5, 5.41) is 5.00. The number of hydrogen-bond donors (Lipinski definition) is 2. The summed E-state index contributed by atoms with van der Waals surface area (Å²) in [6.07, 6.45) is 3.86. The summed E-state index contributed by atoms with van der Waals surface area (Å²) in [5.74, 6) is -0.122. The molecule has 0 fully saturated rings. The highest BCUT2D eigenvalue weighted by molar-refractivity contribution is 7.98. The highest BCUT2D eigenvalue weighted by atomic mass is 35.5. The van der Waals surface area contributed by atoms with E-state index in [0.717, 1.165) is 12.8 Å². The molecular weight excluding hydrogens is 427 g/mol. The molecule has 29 heavy (non-hydrogen) atoms. The molecule has 0 radical (unpaired) electrons. The third-order valence-corrected chi connectivity index (χ3v) is 6.14. The van der Waals surface area contributed by atoms with E-state index < -0.39 is 5.91 Å². The smallest absolute Gasteiger partial charge is 0.269 e. The maximum absolute atomic E-state index is 12.2. The van der Waals surface area contributed by atoms with Gasteiger partial charge in [0.2, 0.25) is 0 Å². The molecule has 1 aliphatic carbocycles. The molecule has 3 aromatic rings. The summed E-state index contributed by atoms with van der Waals surface area (Å²) in [6, 6.07) is 13.4. The summed E-state index contributed by atoms with van der Waals surface area (Å²) in [5.41, 5.74) is 9.18. The number of amides is 1. The molecule has 0 spiro atoms. The molecule has 5 nitrogen and oxygen atoms in total. The second kappa shape index (κ2) is 8.22. The molecule has 0 aliphatic heterocycles. The van der Waals surface area contributed by atoms with Gasteiger partial charge in [0.1, 0.15) is 10.7 Å². The molecule has 3 N–H and O–H groups in total. The number of hydrogen-bond acceptors (Lipinski definition) is 5. The number of nitrogens with two attached hydrogens (primary N) is 1. The Kier molecular flexibility index (Phi) is 5.67. The number of thioether (sulfide) groups is 1. The number of fused-ring (bicyclic) bond motifs is 1. The van der Waals surface area contributed by atoms with E-state index in [1.165, 1.54) is 22.9 Å². The SMILES string of the molecule is CSc1nc(-c2ccc(Cl)cc2Cl)c(C(N)=O)nc1N[C@H]1CCc2ccccc21. The lowest BCUT2D eigenvalue weighted by molar-refractivity contribution is 0.0996. The lowest BCUT2D eigenvalue weighted by Crippen LogP contribution is -2.19. The Morgan fingerprint density at radius 3 is 2.72 bits per heavy atom. The Bertz CT molecular complexity index is 1110. The van der Waals surface area contributed by atoms with Crippen molar-refractivity contribution in [2.75, 3.05) is 11.6 Å². The first-order chi connectivity index (χ1) is 14.0. The van der Waals surface area contributed by atoms with Crippen LogP contribution in [0.5, 0.6) is 0 Å². The van der Waals surface area contributed by atoms with Gasteiger partial charge in [0.05, 0.1) is 11.1 Å². The van der Waals surface area contributed by atoms with E-state index in [1.807, 2.05) is 18.4 Å². The number of rotatable bonds is 5. The van der Waals surface area contributed by atoms with Gasteiger partial charge in [-0.25, -0.2) is 9.97 Å². The average Bonchev–Trinajstić information content (AvgIpc) is 3.11. The van der Waals surface area contributed by atoms with Gasteiger partial charge in [0.25, 0.3) is 5.91 Å². The minimum absolute atomic E-state index is 0.0702. The molecule has 148 valence electrons. The van der Waals surface area contributed by atoms with Gasteiger partial charge in [-0.15, -0.1) is 11.8 Å². The quantitative estimate of drug-likeness (QED) is 0.516. The average molecular weight is 445 g/mol. The van der Waals surface area contributed by atoms with Crippen LogP contribution < -0.4 is 11.1 Å². The zero-order chi connectivity index (χ0) is 20.5. The highest BCUT2D eigenvalue weighted by Crippen LogP contribution is 2.37. The summed E-state index contributed by atoms with van der Waals surface area (Å²) in [7, 11) is 0. The van der Waals surface area contributed by atoms with Crippen molar-refractivity contribution in [3.05, 3.63) is 69.3 Å². The van der Waals surface area contributed by atoms with Crippen LogP contribution in [-0.4, -0.2) is 22.1 Å². The van der Waals surface area contributed by atoms with Gasteiger partial charge in [-0.05, 0) is 48.4 Å². The minimum Gasteiger partial charge on any atom is -0.364 e. The zero-order valence-corrected chi connectivity index (χ0v) is 17.9. The third-order valence-electron chi connectivity index (χ3n) is 4.92. The van der Waals surface area contributed by atoms with Crippen LogP contribution in [-0.2, 0) is 6.42 Å². The Morgan fingerprint density at radius 2 is 2.00 bits per heavy atom. The molecular formula is C21H18Cl2N4OS. The number of primary amides is 1. The van der Waals surface area contributed by atoms with Gasteiger partial charge < -0.3 is 11.1 Å². The number of nitrogens with zero attached hydrogens (tertiary/aromatic N) is 2. The molecule has 0 unspecified atom stereocenters. The molecule has 1 heterocycles. The van der Waals surface area contributed by atoms with Crippen molar-refractivity contribution in [2.24, 2.45) is 5.73 Å². The van der Waals surface area contributed by atoms with Crippen LogP contribution in [0.25, 0.3) is 11.3 Å². The van der Waals surface area contributed by atoms with Crippen molar-refractivity contribution in [3.63, 3.8) is 0 Å². The van der Waals surface area contributed by atoms with Crippen LogP contribution >= 0.6 is 35.0 Å². The summed E-state index contributed by atoms with van der Waals surface area (Å²) in [6.45, 7) is 0. The topological polar surface area (TPSA) is 80.9 Å². The second-order valence-corrected chi connectivity index (χ2v) is 8.34. The number of anilines is 1. The van der Waals surface area contributed by atoms with E-state index in [4.69, 9.17) is 28.9 Å². The molecule has 1 aromatic heterocycles. The van der Waals surface area contributed by atoms with Crippen LogP contribution in [0.3, 0.4) is 0 Å². The number of aromatic nitrogens is 2. The predicted octanol–water partition coefficient (Wildman–Crippen LogP) is 5.37. The van der Waals surface area contributed by atoms with Crippen molar-refractivity contribution in [1.82, 2.24) is 9.97 Å². The molecule has 0 bridgehead atoms. The fourth-order valence-electron chi connectivity index (χ4n) is 3.57. The van der Waals surface area contributed by atoms with Crippen LogP contribution in [0, 0.1) is 0 Å². The van der Waals surface area contributed by atoms with Crippen molar-refractivity contribution in [1.29, 1.82) is 0 Å². The maximum atomic E-state index is 12.2.